The number of nitrogens with zero attached hydrogens (tertiary/aromatic N) is 1. The number of benzene rings is 1. The molecule has 23 heavy (non-hydrogen) atoms. The first-order valence-corrected chi connectivity index (χ1v) is 9.45. The maximum atomic E-state index is 12.2. The lowest BCUT2D eigenvalue weighted by molar-refractivity contribution is -0.120. The van der Waals surface area contributed by atoms with Gasteiger partial charge >= 0.3 is 0 Å². The fourth-order valence-corrected chi connectivity index (χ4v) is 3.89. The highest BCUT2D eigenvalue weighted by Crippen LogP contribution is 2.16. The average Bonchev–Trinajstić information content (AvgIpc) is 2.99. The number of nitrogens with one attached hydrogen (secondary N) is 2. The lowest BCUT2D eigenvalue weighted by Crippen LogP contribution is -2.40. The van der Waals surface area contributed by atoms with Crippen LogP contribution in [0.2, 0.25) is 0 Å². The summed E-state index contributed by atoms with van der Waals surface area (Å²) >= 11 is 0. The molecular formula is C16H25N3O3S. The van der Waals surface area contributed by atoms with E-state index in [1.54, 1.807) is 26.0 Å². The van der Waals surface area contributed by atoms with Crippen LogP contribution < -0.4 is 10.0 Å². The second-order valence-electron chi connectivity index (χ2n) is 6.21. The zero-order valence-electron chi connectivity index (χ0n) is 13.9. The number of hydrogen-bond acceptors (Lipinski definition) is 4. The highest BCUT2D eigenvalue weighted by Gasteiger charge is 2.24. The van der Waals surface area contributed by atoms with Crippen LogP contribution in [0.3, 0.4) is 0 Å². The van der Waals surface area contributed by atoms with Crippen LogP contribution in [0, 0.1) is 0 Å². The van der Waals surface area contributed by atoms with E-state index < -0.39 is 10.0 Å². The fraction of sp³-hybridized carbons (Fsp3) is 0.562. The minimum Gasteiger partial charge on any atom is -0.325 e. The number of carbonyl (C=O) groups is 1. The van der Waals surface area contributed by atoms with E-state index in [1.165, 1.54) is 12.1 Å². The predicted molar refractivity (Wildman–Crippen MR) is 90.8 cm³/mol. The summed E-state index contributed by atoms with van der Waals surface area (Å²) in [5, 5.41) is 2.84. The minimum absolute atomic E-state index is 0.0668. The molecule has 7 heteroatoms. The molecule has 0 saturated carbocycles. The van der Waals surface area contributed by atoms with Gasteiger partial charge < -0.3 is 5.32 Å². The van der Waals surface area contributed by atoms with Crippen molar-refractivity contribution in [2.24, 2.45) is 0 Å². The highest BCUT2D eigenvalue weighted by molar-refractivity contribution is 7.89. The van der Waals surface area contributed by atoms with E-state index in [0.29, 0.717) is 5.69 Å². The lowest BCUT2D eigenvalue weighted by Gasteiger charge is -2.22. The van der Waals surface area contributed by atoms with E-state index in [0.717, 1.165) is 25.9 Å². The number of sulfonamides is 1. The standard InChI is InChI=1S/C16H25N3O3S/c1-12(2)18-23(21,22)15-8-6-14(7-9-15)17-16(20)13(3)19-10-4-5-11-19/h6-9,12-13,18H,4-5,10-11H2,1-3H3,(H,17,20). The van der Waals surface area contributed by atoms with Crippen molar-refractivity contribution in [2.45, 2.75) is 50.6 Å². The van der Waals surface area contributed by atoms with Gasteiger partial charge in [0.1, 0.15) is 0 Å². The summed E-state index contributed by atoms with van der Waals surface area (Å²) < 4.78 is 26.6. The smallest absolute Gasteiger partial charge is 0.241 e. The van der Waals surface area contributed by atoms with Crippen molar-refractivity contribution < 1.29 is 13.2 Å². The molecule has 0 aromatic heterocycles. The van der Waals surface area contributed by atoms with Crippen LogP contribution in [0.25, 0.3) is 0 Å². The quantitative estimate of drug-likeness (QED) is 0.828. The Morgan fingerprint density at radius 2 is 1.65 bits per heavy atom. The first-order valence-electron chi connectivity index (χ1n) is 7.97. The van der Waals surface area contributed by atoms with E-state index in [4.69, 9.17) is 0 Å². The van der Waals surface area contributed by atoms with Crippen LogP contribution in [0.4, 0.5) is 5.69 Å². The van der Waals surface area contributed by atoms with Gasteiger partial charge in [0, 0.05) is 11.7 Å². The van der Waals surface area contributed by atoms with E-state index >= 15 is 0 Å². The van der Waals surface area contributed by atoms with E-state index in [1.807, 2.05) is 6.92 Å². The Bertz CT molecular complexity index is 635. The maximum Gasteiger partial charge on any atom is 0.241 e. The zero-order chi connectivity index (χ0) is 17.0. The van der Waals surface area contributed by atoms with Crippen molar-refractivity contribution >= 4 is 21.6 Å². The number of rotatable bonds is 6. The van der Waals surface area contributed by atoms with Gasteiger partial charge in [-0.2, -0.15) is 0 Å². The van der Waals surface area contributed by atoms with Gasteiger partial charge in [0.25, 0.3) is 0 Å². The third-order valence-electron chi connectivity index (χ3n) is 3.89. The van der Waals surface area contributed by atoms with Gasteiger partial charge in [0.15, 0.2) is 0 Å². The monoisotopic (exact) mass is 339 g/mol. The number of hydrogen-bond donors (Lipinski definition) is 2. The van der Waals surface area contributed by atoms with Crippen molar-refractivity contribution in [1.29, 1.82) is 0 Å². The number of likely N-dealkylation sites (tertiary alicyclic amines) is 1. The first-order chi connectivity index (χ1) is 10.8. The fourth-order valence-electron chi connectivity index (χ4n) is 2.64. The second-order valence-corrected chi connectivity index (χ2v) is 7.92. The molecule has 1 aliphatic heterocycles. The van der Waals surface area contributed by atoms with Crippen molar-refractivity contribution in [3.05, 3.63) is 24.3 Å². The molecule has 2 N–H and O–H groups in total. The van der Waals surface area contributed by atoms with Crippen LogP contribution in [-0.4, -0.2) is 44.4 Å². The van der Waals surface area contributed by atoms with Crippen molar-refractivity contribution in [3.8, 4) is 0 Å². The summed E-state index contributed by atoms with van der Waals surface area (Å²) in [5.41, 5.74) is 0.601. The summed E-state index contributed by atoms with van der Waals surface area (Å²) in [4.78, 5) is 14.6. The van der Waals surface area contributed by atoms with Crippen LogP contribution in [-0.2, 0) is 14.8 Å². The van der Waals surface area contributed by atoms with Gasteiger partial charge in [-0.15, -0.1) is 0 Å². The molecule has 0 aliphatic carbocycles. The molecule has 0 radical (unpaired) electrons. The largest absolute Gasteiger partial charge is 0.325 e. The molecule has 2 rings (SSSR count). The van der Waals surface area contributed by atoms with E-state index in [9.17, 15) is 13.2 Å². The lowest BCUT2D eigenvalue weighted by atomic mass is 10.2. The third kappa shape index (κ3) is 4.76. The van der Waals surface area contributed by atoms with E-state index in [2.05, 4.69) is 14.9 Å². The topological polar surface area (TPSA) is 78.5 Å². The Balaban J connectivity index is 2.01. The van der Waals surface area contributed by atoms with Crippen LogP contribution in [0.15, 0.2) is 29.2 Å². The van der Waals surface area contributed by atoms with Gasteiger partial charge in [-0.25, -0.2) is 13.1 Å². The molecule has 1 amide bonds. The SMILES string of the molecule is CC(C)NS(=O)(=O)c1ccc(NC(=O)C(C)N2CCCC2)cc1. The summed E-state index contributed by atoms with van der Waals surface area (Å²) in [6, 6.07) is 5.89. The number of carbonyl (C=O) groups excluding carboxylic acids is 1. The Morgan fingerprint density at radius 3 is 2.17 bits per heavy atom. The van der Waals surface area contributed by atoms with Gasteiger partial charge in [-0.05, 0) is 71.0 Å². The summed E-state index contributed by atoms with van der Waals surface area (Å²) in [6.07, 6.45) is 2.26. The van der Waals surface area contributed by atoms with Gasteiger partial charge in [0.2, 0.25) is 15.9 Å². The molecule has 128 valence electrons. The first kappa shape index (κ1) is 17.9. The molecule has 1 unspecified atom stereocenters. The molecule has 1 saturated heterocycles. The zero-order valence-corrected chi connectivity index (χ0v) is 14.7. The molecule has 1 aliphatic rings. The molecular weight excluding hydrogens is 314 g/mol. The average molecular weight is 339 g/mol. The van der Waals surface area contributed by atoms with Gasteiger partial charge in [-0.3, -0.25) is 9.69 Å². The number of amides is 1. The van der Waals surface area contributed by atoms with Crippen molar-refractivity contribution in [1.82, 2.24) is 9.62 Å². The Kier molecular flexibility index (Phi) is 5.78. The minimum atomic E-state index is -3.51. The third-order valence-corrected chi connectivity index (χ3v) is 5.57. The number of anilines is 1. The maximum absolute atomic E-state index is 12.2. The molecule has 1 aromatic rings. The summed E-state index contributed by atoms with van der Waals surface area (Å²) in [5.74, 6) is -0.0668. The molecule has 1 heterocycles. The van der Waals surface area contributed by atoms with Crippen LogP contribution in [0.1, 0.15) is 33.6 Å². The normalized spacial score (nSPS) is 17.4. The molecule has 6 nitrogen and oxygen atoms in total. The van der Waals surface area contributed by atoms with E-state index in [-0.39, 0.29) is 22.9 Å². The predicted octanol–water partition coefficient (Wildman–Crippen LogP) is 1.80. The van der Waals surface area contributed by atoms with Crippen molar-refractivity contribution in [2.75, 3.05) is 18.4 Å². The Morgan fingerprint density at radius 1 is 1.09 bits per heavy atom. The van der Waals surface area contributed by atoms with Crippen LogP contribution in [0.5, 0.6) is 0 Å². The van der Waals surface area contributed by atoms with Gasteiger partial charge in [-0.1, -0.05) is 0 Å². The van der Waals surface area contributed by atoms with Gasteiger partial charge in [0.05, 0.1) is 10.9 Å². The molecule has 0 bridgehead atoms. The Labute approximate surface area is 138 Å². The molecule has 1 atom stereocenters. The molecule has 1 aromatic carbocycles. The molecule has 0 spiro atoms. The van der Waals surface area contributed by atoms with Crippen LogP contribution >= 0.6 is 0 Å². The molecule has 1 fully saturated rings. The Hall–Kier alpha value is -1.44. The summed E-state index contributed by atoms with van der Waals surface area (Å²) in [7, 11) is -3.51. The second kappa shape index (κ2) is 7.42. The highest BCUT2D eigenvalue weighted by atomic mass is 32.2. The van der Waals surface area contributed by atoms with Crippen molar-refractivity contribution in [3.63, 3.8) is 0 Å². The summed E-state index contributed by atoms with van der Waals surface area (Å²) in [6.45, 7) is 7.34.